The van der Waals surface area contributed by atoms with Crippen LogP contribution >= 0.6 is 0 Å². The van der Waals surface area contributed by atoms with Gasteiger partial charge in [-0.3, -0.25) is 4.79 Å². The molecule has 2 rings (SSSR count). The van der Waals surface area contributed by atoms with Crippen molar-refractivity contribution in [3.63, 3.8) is 0 Å². The fourth-order valence-corrected chi connectivity index (χ4v) is 1.99. The van der Waals surface area contributed by atoms with Crippen LogP contribution in [0.3, 0.4) is 0 Å². The molecule has 3 nitrogen and oxygen atoms in total. The highest BCUT2D eigenvalue weighted by atomic mass is 19.4. The minimum absolute atomic E-state index is 0.0571. The van der Waals surface area contributed by atoms with E-state index in [1.54, 1.807) is 0 Å². The monoisotopic (exact) mass is 273 g/mol. The van der Waals surface area contributed by atoms with E-state index in [0.717, 1.165) is 25.2 Å². The molecule has 1 aromatic rings. The van der Waals surface area contributed by atoms with Crippen LogP contribution in [0.2, 0.25) is 0 Å². The highest BCUT2D eigenvalue weighted by Crippen LogP contribution is 2.31. The van der Waals surface area contributed by atoms with E-state index in [9.17, 15) is 18.0 Å². The zero-order valence-electron chi connectivity index (χ0n) is 10.2. The molecule has 1 aliphatic rings. The average Bonchev–Trinajstić information content (AvgIpc) is 2.39. The Labute approximate surface area is 108 Å². The first-order valence-electron chi connectivity index (χ1n) is 6.06. The van der Waals surface area contributed by atoms with Crippen LogP contribution in [-0.2, 0) is 11.0 Å². The summed E-state index contributed by atoms with van der Waals surface area (Å²) in [4.78, 5) is 11.8. The topological polar surface area (TPSA) is 38.3 Å². The van der Waals surface area contributed by atoms with Gasteiger partial charge in [-0.15, -0.1) is 0 Å². The lowest BCUT2D eigenvalue weighted by Gasteiger charge is -2.21. The number of hydrogen-bond acceptors (Lipinski definition) is 3. The van der Waals surface area contributed by atoms with Crippen molar-refractivity contribution in [1.29, 1.82) is 0 Å². The molecular formula is C13H14F3NO2. The SMILES string of the molecule is O=C(Oc1cccc(C(F)(F)F)c1)C1CCNCC1. The molecule has 104 valence electrons. The molecule has 19 heavy (non-hydrogen) atoms. The zero-order valence-corrected chi connectivity index (χ0v) is 10.2. The molecule has 1 heterocycles. The molecule has 0 saturated carbocycles. The fourth-order valence-electron chi connectivity index (χ4n) is 1.99. The summed E-state index contributed by atoms with van der Waals surface area (Å²) in [5.41, 5.74) is -0.817. The van der Waals surface area contributed by atoms with Crippen LogP contribution in [0.15, 0.2) is 24.3 Å². The maximum absolute atomic E-state index is 12.5. The summed E-state index contributed by atoms with van der Waals surface area (Å²) < 4.78 is 42.6. The van der Waals surface area contributed by atoms with E-state index in [-0.39, 0.29) is 11.7 Å². The average molecular weight is 273 g/mol. The third-order valence-corrected chi connectivity index (χ3v) is 3.05. The van der Waals surface area contributed by atoms with E-state index in [0.29, 0.717) is 12.8 Å². The van der Waals surface area contributed by atoms with Crippen molar-refractivity contribution in [3.8, 4) is 5.75 Å². The number of alkyl halides is 3. The third kappa shape index (κ3) is 3.70. The molecule has 0 unspecified atom stereocenters. The molecule has 0 amide bonds. The van der Waals surface area contributed by atoms with Crippen molar-refractivity contribution in [2.75, 3.05) is 13.1 Å². The van der Waals surface area contributed by atoms with Crippen LogP contribution in [0.5, 0.6) is 5.75 Å². The Kier molecular flexibility index (Phi) is 4.09. The van der Waals surface area contributed by atoms with Crippen molar-refractivity contribution < 1.29 is 22.7 Å². The lowest BCUT2D eigenvalue weighted by Crippen LogP contribution is -2.33. The van der Waals surface area contributed by atoms with Crippen LogP contribution in [0.1, 0.15) is 18.4 Å². The minimum Gasteiger partial charge on any atom is -0.426 e. The summed E-state index contributed by atoms with van der Waals surface area (Å²) in [5, 5.41) is 3.11. The third-order valence-electron chi connectivity index (χ3n) is 3.05. The van der Waals surface area contributed by atoms with Crippen molar-refractivity contribution in [2.45, 2.75) is 19.0 Å². The molecule has 0 bridgehead atoms. The Morgan fingerprint density at radius 1 is 1.26 bits per heavy atom. The number of ether oxygens (including phenoxy) is 1. The first-order chi connectivity index (χ1) is 8.97. The Balaban J connectivity index is 2.04. The second-order valence-electron chi connectivity index (χ2n) is 4.47. The molecule has 1 fully saturated rings. The van der Waals surface area contributed by atoms with Crippen LogP contribution < -0.4 is 10.1 Å². The molecule has 0 radical (unpaired) electrons. The van der Waals surface area contributed by atoms with E-state index in [2.05, 4.69) is 5.32 Å². The number of halogens is 3. The highest BCUT2D eigenvalue weighted by molar-refractivity contribution is 5.75. The first kappa shape index (κ1) is 13.9. The van der Waals surface area contributed by atoms with Crippen LogP contribution in [0, 0.1) is 5.92 Å². The maximum atomic E-state index is 12.5. The fraction of sp³-hybridized carbons (Fsp3) is 0.462. The van der Waals surface area contributed by atoms with Gasteiger partial charge in [-0.25, -0.2) is 0 Å². The molecule has 0 spiro atoms. The number of benzene rings is 1. The van der Waals surface area contributed by atoms with E-state index >= 15 is 0 Å². The number of esters is 1. The normalized spacial score (nSPS) is 17.2. The smallest absolute Gasteiger partial charge is 0.416 e. The number of carbonyl (C=O) groups is 1. The number of piperidine rings is 1. The van der Waals surface area contributed by atoms with Crippen LogP contribution in [0.25, 0.3) is 0 Å². The van der Waals surface area contributed by atoms with Crippen molar-refractivity contribution in [2.24, 2.45) is 5.92 Å². The van der Waals surface area contributed by atoms with Crippen molar-refractivity contribution in [1.82, 2.24) is 5.32 Å². The van der Waals surface area contributed by atoms with Gasteiger partial charge in [0.15, 0.2) is 0 Å². The molecule has 0 aromatic heterocycles. The Hall–Kier alpha value is -1.56. The Bertz CT molecular complexity index is 453. The van der Waals surface area contributed by atoms with Gasteiger partial charge in [0.2, 0.25) is 0 Å². The minimum atomic E-state index is -4.43. The summed E-state index contributed by atoms with van der Waals surface area (Å²) >= 11 is 0. The Morgan fingerprint density at radius 3 is 2.58 bits per heavy atom. The van der Waals surface area contributed by atoms with Gasteiger partial charge >= 0.3 is 12.1 Å². The number of carbonyl (C=O) groups excluding carboxylic acids is 1. The van der Waals surface area contributed by atoms with Gasteiger partial charge in [0.1, 0.15) is 5.75 Å². The van der Waals surface area contributed by atoms with Crippen LogP contribution in [-0.4, -0.2) is 19.1 Å². The molecular weight excluding hydrogens is 259 g/mol. The zero-order chi connectivity index (χ0) is 13.9. The van der Waals surface area contributed by atoms with Gasteiger partial charge in [-0.1, -0.05) is 6.07 Å². The lowest BCUT2D eigenvalue weighted by atomic mass is 9.98. The highest BCUT2D eigenvalue weighted by Gasteiger charge is 2.31. The van der Waals surface area contributed by atoms with E-state index in [1.165, 1.54) is 12.1 Å². The summed E-state index contributed by atoms with van der Waals surface area (Å²) in [6.07, 6.45) is -3.13. The molecule has 0 atom stereocenters. The molecule has 1 aliphatic heterocycles. The molecule has 1 saturated heterocycles. The summed E-state index contributed by atoms with van der Waals surface area (Å²) in [6, 6.07) is 4.38. The van der Waals surface area contributed by atoms with Gasteiger partial charge in [0.05, 0.1) is 11.5 Å². The Morgan fingerprint density at radius 2 is 1.95 bits per heavy atom. The summed E-state index contributed by atoms with van der Waals surface area (Å²) in [6.45, 7) is 1.45. The molecule has 0 aliphatic carbocycles. The standard InChI is InChI=1S/C13H14F3NO2/c14-13(15,16)10-2-1-3-11(8-10)19-12(18)9-4-6-17-7-5-9/h1-3,8-9,17H,4-7H2. The van der Waals surface area contributed by atoms with E-state index < -0.39 is 17.7 Å². The molecule has 1 N–H and O–H groups in total. The predicted octanol–water partition coefficient (Wildman–Crippen LogP) is 2.61. The lowest BCUT2D eigenvalue weighted by molar-refractivity contribution is -0.141. The quantitative estimate of drug-likeness (QED) is 0.665. The van der Waals surface area contributed by atoms with Crippen molar-refractivity contribution in [3.05, 3.63) is 29.8 Å². The first-order valence-corrected chi connectivity index (χ1v) is 6.06. The largest absolute Gasteiger partial charge is 0.426 e. The van der Waals surface area contributed by atoms with Gasteiger partial charge in [0.25, 0.3) is 0 Å². The molecule has 6 heteroatoms. The van der Waals surface area contributed by atoms with Gasteiger partial charge in [-0.05, 0) is 44.1 Å². The number of nitrogens with one attached hydrogen (secondary N) is 1. The van der Waals surface area contributed by atoms with Crippen LogP contribution in [0.4, 0.5) is 13.2 Å². The van der Waals surface area contributed by atoms with Gasteiger partial charge in [0, 0.05) is 0 Å². The summed E-state index contributed by atoms with van der Waals surface area (Å²) in [5.74, 6) is -0.755. The summed E-state index contributed by atoms with van der Waals surface area (Å²) in [7, 11) is 0. The van der Waals surface area contributed by atoms with E-state index in [1.807, 2.05) is 0 Å². The second-order valence-corrected chi connectivity index (χ2v) is 4.47. The number of rotatable bonds is 2. The van der Waals surface area contributed by atoms with Gasteiger partial charge in [-0.2, -0.15) is 13.2 Å². The van der Waals surface area contributed by atoms with E-state index in [4.69, 9.17) is 4.74 Å². The second kappa shape index (κ2) is 5.61. The maximum Gasteiger partial charge on any atom is 0.416 e. The molecule has 1 aromatic carbocycles. The van der Waals surface area contributed by atoms with Crippen molar-refractivity contribution >= 4 is 5.97 Å². The predicted molar refractivity (Wildman–Crippen MR) is 62.7 cm³/mol. The number of hydrogen-bond donors (Lipinski definition) is 1. The van der Waals surface area contributed by atoms with Gasteiger partial charge < -0.3 is 10.1 Å².